The van der Waals surface area contributed by atoms with Crippen molar-refractivity contribution in [3.8, 4) is 0 Å². The Morgan fingerprint density at radius 2 is 0.857 bits per heavy atom. The molecule has 1 unspecified atom stereocenters. The fourth-order valence-corrected chi connectivity index (χ4v) is 8.32. The van der Waals surface area contributed by atoms with Gasteiger partial charge in [0.15, 0.2) is 6.10 Å². The third kappa shape index (κ3) is 51.4. The molecule has 0 N–H and O–H groups in total. The van der Waals surface area contributed by atoms with E-state index in [2.05, 4.69) is 38.2 Å². The summed E-state index contributed by atoms with van der Waals surface area (Å²) in [6.07, 6.45) is 58.6. The van der Waals surface area contributed by atoms with Gasteiger partial charge < -0.3 is 27.9 Å². The van der Waals surface area contributed by atoms with Crippen LogP contribution in [0.25, 0.3) is 0 Å². The summed E-state index contributed by atoms with van der Waals surface area (Å²) < 4.78 is 34.5. The number of allylic oxidation sites excluding steroid dienone is 5. The van der Waals surface area contributed by atoms with Gasteiger partial charge in [-0.05, 0) is 57.4 Å². The molecule has 0 heterocycles. The van der Waals surface area contributed by atoms with E-state index >= 15 is 0 Å². The molecule has 0 aromatic rings. The van der Waals surface area contributed by atoms with Crippen molar-refractivity contribution in [2.45, 2.75) is 258 Å². The summed E-state index contributed by atoms with van der Waals surface area (Å²) in [5.74, 6) is -0.393. The number of phosphoric acid groups is 1. The Labute approximate surface area is 391 Å². The second kappa shape index (κ2) is 47.1. The molecule has 0 bridgehead atoms. The van der Waals surface area contributed by atoms with Gasteiger partial charge in [0.25, 0.3) is 7.82 Å². The molecule has 63 heavy (non-hydrogen) atoms. The molecule has 9 heteroatoms. The number of hydrogen-bond donors (Lipinski definition) is 0. The molecule has 0 aromatic carbocycles. The lowest BCUT2D eigenvalue weighted by Crippen LogP contribution is -2.37. The lowest BCUT2D eigenvalue weighted by atomic mass is 10.0. The lowest BCUT2D eigenvalue weighted by molar-refractivity contribution is -0.870. The zero-order chi connectivity index (χ0) is 46.2. The Hall–Kier alpha value is -1.44. The quantitative estimate of drug-likeness (QED) is 0.0150. The Morgan fingerprint density at radius 3 is 1.27 bits per heavy atom. The number of nitrogens with zero attached hydrogens (tertiary/aromatic N) is 1. The minimum absolute atomic E-state index is 0.00685. The van der Waals surface area contributed by atoms with Gasteiger partial charge >= 0.3 is 5.97 Å². The predicted molar refractivity (Wildman–Crippen MR) is 268 cm³/mol. The van der Waals surface area contributed by atoms with Crippen molar-refractivity contribution < 1.29 is 37.3 Å². The van der Waals surface area contributed by atoms with E-state index in [1.54, 1.807) is 6.26 Å². The molecule has 372 valence electrons. The van der Waals surface area contributed by atoms with Gasteiger partial charge in [-0.2, -0.15) is 0 Å². The van der Waals surface area contributed by atoms with Gasteiger partial charge in [0.1, 0.15) is 19.8 Å². The smallest absolute Gasteiger partial charge is 0.306 e. The SMILES string of the molecule is CCCCCCCCCCCCCCCC/C=C/CC/C=C/CCCC(=O)O[C@H](CO/C=C/CCCCCCCCCCCCCCCCCC)COP(=O)([O-])OCC[N+](C)(C)C. The highest BCUT2D eigenvalue weighted by molar-refractivity contribution is 7.45. The summed E-state index contributed by atoms with van der Waals surface area (Å²) in [5, 5.41) is 0. The number of rotatable bonds is 50. The third-order valence-electron chi connectivity index (χ3n) is 11.7. The van der Waals surface area contributed by atoms with Crippen LogP contribution in [0.2, 0.25) is 0 Å². The minimum atomic E-state index is -4.56. The van der Waals surface area contributed by atoms with Crippen LogP contribution in [0.5, 0.6) is 0 Å². The van der Waals surface area contributed by atoms with Crippen molar-refractivity contribution >= 4 is 13.8 Å². The lowest BCUT2D eigenvalue weighted by Gasteiger charge is -2.28. The summed E-state index contributed by atoms with van der Waals surface area (Å²) >= 11 is 0. The van der Waals surface area contributed by atoms with Crippen molar-refractivity contribution in [1.29, 1.82) is 0 Å². The van der Waals surface area contributed by atoms with Crippen LogP contribution in [0.1, 0.15) is 251 Å². The minimum Gasteiger partial charge on any atom is -0.756 e. The Kier molecular flexibility index (Phi) is 46.0. The predicted octanol–water partition coefficient (Wildman–Crippen LogP) is 16.2. The summed E-state index contributed by atoms with van der Waals surface area (Å²) in [5.41, 5.74) is 0. The highest BCUT2D eigenvalue weighted by Gasteiger charge is 2.20. The first-order valence-electron chi connectivity index (χ1n) is 26.8. The maximum Gasteiger partial charge on any atom is 0.306 e. The molecule has 0 aromatic heterocycles. The number of esters is 1. The Bertz CT molecular complexity index is 1100. The van der Waals surface area contributed by atoms with Gasteiger partial charge in [-0.25, -0.2) is 0 Å². The van der Waals surface area contributed by atoms with Gasteiger partial charge in [-0.3, -0.25) is 9.36 Å². The van der Waals surface area contributed by atoms with Crippen molar-refractivity contribution in [2.24, 2.45) is 0 Å². The standard InChI is InChI=1S/C54H104NO7P/c1-6-8-10-12-14-16-18-20-22-24-26-27-28-29-30-31-33-35-37-39-41-43-45-47-54(56)62-53(52-61-63(57,58)60-50-48-55(3,4)5)51-59-49-46-44-42-40-38-36-34-32-25-23-21-19-17-15-13-11-9-7-2/h31,33,39,41,46,49,53H,6-30,32,34-38,40,42-45,47-48,50-52H2,1-5H3/b33-31+,41-39+,49-46+/t53-/m1/s1. The number of quaternary nitrogens is 1. The van der Waals surface area contributed by atoms with E-state index in [-0.39, 0.29) is 26.2 Å². The molecule has 8 nitrogen and oxygen atoms in total. The zero-order valence-corrected chi connectivity index (χ0v) is 43.2. The van der Waals surface area contributed by atoms with E-state index in [0.29, 0.717) is 17.4 Å². The van der Waals surface area contributed by atoms with Crippen LogP contribution >= 0.6 is 7.82 Å². The maximum atomic E-state index is 12.7. The van der Waals surface area contributed by atoms with Crippen LogP contribution in [0.15, 0.2) is 36.6 Å². The highest BCUT2D eigenvalue weighted by atomic mass is 31.2. The van der Waals surface area contributed by atoms with Crippen LogP contribution in [0.4, 0.5) is 0 Å². The zero-order valence-electron chi connectivity index (χ0n) is 42.3. The number of hydrogen-bond acceptors (Lipinski definition) is 7. The number of carbonyl (C=O) groups is 1. The van der Waals surface area contributed by atoms with E-state index < -0.39 is 19.9 Å². The molecule has 0 saturated carbocycles. The molecule has 0 saturated heterocycles. The van der Waals surface area contributed by atoms with Crippen molar-refractivity contribution in [2.75, 3.05) is 47.5 Å². The fraction of sp³-hybridized carbons (Fsp3) is 0.870. The first-order chi connectivity index (χ1) is 30.6. The molecular formula is C54H104NO7P. The monoisotopic (exact) mass is 910 g/mol. The van der Waals surface area contributed by atoms with Crippen LogP contribution in [0.3, 0.4) is 0 Å². The molecule has 0 aliphatic heterocycles. The molecule has 0 radical (unpaired) electrons. The van der Waals surface area contributed by atoms with Crippen molar-refractivity contribution in [1.82, 2.24) is 0 Å². The van der Waals surface area contributed by atoms with E-state index in [4.69, 9.17) is 18.5 Å². The number of likely N-dealkylation sites (N-methyl/N-ethyl adjacent to an activating group) is 1. The van der Waals surface area contributed by atoms with Crippen molar-refractivity contribution in [3.63, 3.8) is 0 Å². The second-order valence-corrected chi connectivity index (χ2v) is 20.7. The van der Waals surface area contributed by atoms with Crippen LogP contribution in [-0.2, 0) is 27.9 Å². The van der Waals surface area contributed by atoms with Gasteiger partial charge in [0.05, 0.1) is 34.0 Å². The van der Waals surface area contributed by atoms with E-state index in [9.17, 15) is 14.3 Å². The number of phosphoric ester groups is 1. The van der Waals surface area contributed by atoms with Crippen LogP contribution in [0, 0.1) is 0 Å². The van der Waals surface area contributed by atoms with E-state index in [0.717, 1.165) is 32.1 Å². The van der Waals surface area contributed by atoms with Crippen molar-refractivity contribution in [3.05, 3.63) is 36.6 Å². The number of carbonyl (C=O) groups excluding carboxylic acids is 1. The van der Waals surface area contributed by atoms with Crippen LogP contribution < -0.4 is 4.89 Å². The fourth-order valence-electron chi connectivity index (χ4n) is 7.59. The first-order valence-corrected chi connectivity index (χ1v) is 28.2. The van der Waals surface area contributed by atoms with Crippen LogP contribution in [-0.4, -0.2) is 64.1 Å². The summed E-state index contributed by atoms with van der Waals surface area (Å²) in [6.45, 7) is 4.74. The van der Waals surface area contributed by atoms with Gasteiger partial charge in [0, 0.05) is 6.42 Å². The average Bonchev–Trinajstić information content (AvgIpc) is 3.24. The third-order valence-corrected chi connectivity index (χ3v) is 12.7. The Balaban J connectivity index is 4.20. The normalized spacial score (nSPS) is 13.7. The molecule has 0 amide bonds. The molecule has 2 atom stereocenters. The van der Waals surface area contributed by atoms with Gasteiger partial charge in [-0.1, -0.05) is 218 Å². The molecule has 0 rings (SSSR count). The van der Waals surface area contributed by atoms with E-state index in [1.165, 1.54) is 193 Å². The topological polar surface area (TPSA) is 94.1 Å². The van der Waals surface area contributed by atoms with Gasteiger partial charge in [0.2, 0.25) is 0 Å². The molecule has 0 aliphatic rings. The number of ether oxygens (including phenoxy) is 2. The Morgan fingerprint density at radius 1 is 0.492 bits per heavy atom. The first kappa shape index (κ1) is 61.6. The molecular weight excluding hydrogens is 806 g/mol. The summed E-state index contributed by atoms with van der Waals surface area (Å²) in [7, 11) is 1.31. The molecule has 0 aliphatic carbocycles. The maximum absolute atomic E-state index is 12.7. The van der Waals surface area contributed by atoms with Gasteiger partial charge in [-0.15, -0.1) is 0 Å². The number of unbranched alkanes of at least 4 members (excludes halogenated alkanes) is 32. The van der Waals surface area contributed by atoms with E-state index in [1.807, 2.05) is 27.2 Å². The second-order valence-electron chi connectivity index (χ2n) is 19.3. The average molecular weight is 910 g/mol. The summed E-state index contributed by atoms with van der Waals surface area (Å²) in [6, 6.07) is 0. The highest BCUT2D eigenvalue weighted by Crippen LogP contribution is 2.38. The summed E-state index contributed by atoms with van der Waals surface area (Å²) in [4.78, 5) is 25.1. The molecule has 0 fully saturated rings. The largest absolute Gasteiger partial charge is 0.756 e. The molecule has 0 spiro atoms.